The number of piperidine rings is 1. The molecule has 1 aliphatic carbocycles. The van der Waals surface area contributed by atoms with Crippen molar-refractivity contribution in [3.63, 3.8) is 0 Å². The number of anilines is 1. The van der Waals surface area contributed by atoms with E-state index in [0.29, 0.717) is 0 Å². The summed E-state index contributed by atoms with van der Waals surface area (Å²) in [4.78, 5) is 17.3. The van der Waals surface area contributed by atoms with Crippen molar-refractivity contribution in [3.05, 3.63) is 32.9 Å². The summed E-state index contributed by atoms with van der Waals surface area (Å²) in [6, 6.07) is 6.46. The lowest BCUT2D eigenvalue weighted by Crippen LogP contribution is -2.48. The Balaban J connectivity index is 1.97. The third-order valence-electron chi connectivity index (χ3n) is 4.74. The average molecular weight is 454 g/mol. The van der Waals surface area contributed by atoms with E-state index in [2.05, 4.69) is 58.8 Å². The maximum absolute atomic E-state index is 13.1. The van der Waals surface area contributed by atoms with Crippen molar-refractivity contribution in [1.29, 1.82) is 0 Å². The summed E-state index contributed by atoms with van der Waals surface area (Å²) in [5.74, 6) is 0. The first-order chi connectivity index (χ1) is 11.7. The number of hydrogen-bond donors (Lipinski definition) is 0. The molecule has 1 heterocycles. The Morgan fingerprint density at radius 2 is 1.96 bits per heavy atom. The van der Waals surface area contributed by atoms with Crippen LogP contribution < -0.4 is 4.90 Å². The molecular weight excluding hydrogens is 427 g/mol. The molecule has 1 aromatic carbocycles. The second-order valence-electron chi connectivity index (χ2n) is 8.00. The van der Waals surface area contributed by atoms with Gasteiger partial charge in [0.05, 0.1) is 5.69 Å². The van der Waals surface area contributed by atoms with Crippen LogP contribution in [0.25, 0.3) is 6.08 Å². The van der Waals surface area contributed by atoms with E-state index in [-0.39, 0.29) is 12.1 Å². The summed E-state index contributed by atoms with van der Waals surface area (Å²) in [5, 5.41) is 0. The van der Waals surface area contributed by atoms with Gasteiger partial charge in [-0.1, -0.05) is 12.1 Å². The largest absolute Gasteiger partial charge is 0.443 e. The first kappa shape index (κ1) is 18.7. The molecule has 0 atom stereocenters. The molecule has 3 rings (SSSR count). The molecule has 1 aromatic rings. The Bertz CT molecular complexity index is 685. The summed E-state index contributed by atoms with van der Waals surface area (Å²) < 4.78 is 7.08. The Kier molecular flexibility index (Phi) is 5.44. The number of likely N-dealkylation sites (tertiary alicyclic amines) is 1. The Morgan fingerprint density at radius 1 is 1.28 bits per heavy atom. The van der Waals surface area contributed by atoms with E-state index in [1.54, 1.807) is 0 Å². The lowest BCUT2D eigenvalue weighted by atomic mass is 10.0. The highest BCUT2D eigenvalue weighted by atomic mass is 127. The van der Waals surface area contributed by atoms with Gasteiger partial charge < -0.3 is 9.64 Å². The number of rotatable bonds is 2. The summed E-state index contributed by atoms with van der Waals surface area (Å²) in [5.41, 5.74) is 2.97. The number of nitrogens with zero attached hydrogens (tertiary/aromatic N) is 2. The molecule has 1 fully saturated rings. The van der Waals surface area contributed by atoms with E-state index in [4.69, 9.17) is 4.74 Å². The van der Waals surface area contributed by atoms with E-state index < -0.39 is 5.60 Å². The Labute approximate surface area is 164 Å². The third kappa shape index (κ3) is 4.37. The topological polar surface area (TPSA) is 32.8 Å². The van der Waals surface area contributed by atoms with Gasteiger partial charge in [0.1, 0.15) is 5.60 Å². The minimum absolute atomic E-state index is 0.184. The van der Waals surface area contributed by atoms with Gasteiger partial charge in [-0.3, -0.25) is 4.90 Å². The van der Waals surface area contributed by atoms with Gasteiger partial charge in [-0.25, -0.2) is 4.79 Å². The Hall–Kier alpha value is -1.08. The molecule has 0 N–H and O–H groups in total. The number of benzene rings is 1. The number of fused-ring (bicyclic) bond motifs is 1. The van der Waals surface area contributed by atoms with Crippen LogP contribution in [0.3, 0.4) is 0 Å². The fraction of sp³-hybridized carbons (Fsp3) is 0.550. The van der Waals surface area contributed by atoms with Crippen molar-refractivity contribution in [1.82, 2.24) is 4.90 Å². The van der Waals surface area contributed by atoms with E-state index in [1.165, 1.54) is 14.7 Å². The van der Waals surface area contributed by atoms with Gasteiger partial charge >= 0.3 is 6.09 Å². The van der Waals surface area contributed by atoms with Gasteiger partial charge in [0.15, 0.2) is 0 Å². The number of hydrogen-bond acceptors (Lipinski definition) is 3. The third-order valence-corrected chi connectivity index (χ3v) is 5.43. The van der Waals surface area contributed by atoms with Crippen LogP contribution in [0, 0.1) is 0 Å². The fourth-order valence-electron chi connectivity index (χ4n) is 3.53. The molecule has 0 radical (unpaired) electrons. The number of amides is 1. The number of carbonyl (C=O) groups excluding carboxylic acids is 1. The summed E-state index contributed by atoms with van der Waals surface area (Å²) >= 11 is 2.38. The molecule has 2 aliphatic rings. The average Bonchev–Trinajstić information content (AvgIpc) is 2.89. The highest BCUT2D eigenvalue weighted by Gasteiger charge is 2.33. The standard InChI is InChI=1S/C20H27IN2O2/c1-20(2,3)25-19(24)23(16-8-10-22(4)11-9-16)18-7-5-6-14-12-15(21)13-17(14)18/h5-7,13,16H,8-12H2,1-4H3. The van der Waals surface area contributed by atoms with Crippen molar-refractivity contribution in [2.24, 2.45) is 0 Å². The van der Waals surface area contributed by atoms with Crippen molar-refractivity contribution in [2.45, 2.75) is 51.7 Å². The molecule has 25 heavy (non-hydrogen) atoms. The molecule has 0 unspecified atom stereocenters. The second kappa shape index (κ2) is 7.27. The predicted octanol–water partition coefficient (Wildman–Crippen LogP) is 4.85. The second-order valence-corrected chi connectivity index (χ2v) is 9.39. The van der Waals surface area contributed by atoms with Crippen LogP contribution in [0.15, 0.2) is 21.8 Å². The lowest BCUT2D eigenvalue weighted by Gasteiger charge is -2.38. The van der Waals surface area contributed by atoms with E-state index in [0.717, 1.165) is 38.0 Å². The molecule has 4 nitrogen and oxygen atoms in total. The minimum atomic E-state index is -0.497. The smallest absolute Gasteiger partial charge is 0.415 e. The van der Waals surface area contributed by atoms with Crippen LogP contribution in [-0.2, 0) is 11.2 Å². The quantitative estimate of drug-likeness (QED) is 0.599. The number of halogens is 1. The zero-order valence-electron chi connectivity index (χ0n) is 15.5. The first-order valence-electron chi connectivity index (χ1n) is 8.93. The fourth-order valence-corrected chi connectivity index (χ4v) is 4.25. The molecule has 1 aliphatic heterocycles. The van der Waals surface area contributed by atoms with Gasteiger partial charge in [-0.2, -0.15) is 0 Å². The SMILES string of the molecule is CN1CCC(N(C(=O)OC(C)(C)C)c2cccc3c2C=C(I)C3)CC1. The molecule has 1 amide bonds. The van der Waals surface area contributed by atoms with Crippen LogP contribution in [0.5, 0.6) is 0 Å². The number of carbonyl (C=O) groups is 1. The van der Waals surface area contributed by atoms with Crippen molar-refractivity contribution in [2.75, 3.05) is 25.0 Å². The maximum atomic E-state index is 13.1. The van der Waals surface area contributed by atoms with Crippen LogP contribution >= 0.6 is 22.6 Å². The van der Waals surface area contributed by atoms with Gasteiger partial charge in [-0.15, -0.1) is 0 Å². The lowest BCUT2D eigenvalue weighted by molar-refractivity contribution is 0.0551. The molecule has 0 spiro atoms. The molecule has 0 aromatic heterocycles. The van der Waals surface area contributed by atoms with Crippen LogP contribution in [0.4, 0.5) is 10.5 Å². The van der Waals surface area contributed by atoms with Gasteiger partial charge in [-0.05, 0) is 97.6 Å². The van der Waals surface area contributed by atoms with E-state index in [1.807, 2.05) is 25.7 Å². The molecule has 5 heteroatoms. The molecule has 0 bridgehead atoms. The highest BCUT2D eigenvalue weighted by molar-refractivity contribution is 14.1. The highest BCUT2D eigenvalue weighted by Crippen LogP contribution is 2.37. The minimum Gasteiger partial charge on any atom is -0.443 e. The normalized spacial score (nSPS) is 18.7. The molecule has 136 valence electrons. The first-order valence-corrected chi connectivity index (χ1v) is 10.0. The molecular formula is C20H27IN2O2. The van der Waals surface area contributed by atoms with Crippen molar-refractivity contribution in [3.8, 4) is 0 Å². The maximum Gasteiger partial charge on any atom is 0.415 e. The summed E-state index contributed by atoms with van der Waals surface area (Å²) in [7, 11) is 2.14. The number of ether oxygens (including phenoxy) is 1. The molecule has 0 saturated carbocycles. The van der Waals surface area contributed by atoms with Crippen LogP contribution in [0.1, 0.15) is 44.7 Å². The zero-order valence-corrected chi connectivity index (χ0v) is 17.7. The van der Waals surface area contributed by atoms with Crippen molar-refractivity contribution >= 4 is 40.4 Å². The molecule has 1 saturated heterocycles. The zero-order chi connectivity index (χ0) is 18.2. The monoisotopic (exact) mass is 454 g/mol. The van der Waals surface area contributed by atoms with Crippen LogP contribution in [0.2, 0.25) is 0 Å². The van der Waals surface area contributed by atoms with Gasteiger partial charge in [0.2, 0.25) is 0 Å². The van der Waals surface area contributed by atoms with Gasteiger partial charge in [0.25, 0.3) is 0 Å². The Morgan fingerprint density at radius 3 is 2.60 bits per heavy atom. The number of allylic oxidation sites excluding steroid dienone is 1. The summed E-state index contributed by atoms with van der Waals surface area (Å²) in [6.45, 7) is 7.79. The predicted molar refractivity (Wildman–Crippen MR) is 111 cm³/mol. The van der Waals surface area contributed by atoms with E-state index >= 15 is 0 Å². The van der Waals surface area contributed by atoms with Crippen molar-refractivity contribution < 1.29 is 9.53 Å². The van der Waals surface area contributed by atoms with Gasteiger partial charge in [0, 0.05) is 18.0 Å². The van der Waals surface area contributed by atoms with E-state index in [9.17, 15) is 4.79 Å². The van der Waals surface area contributed by atoms with Crippen LogP contribution in [-0.4, -0.2) is 42.8 Å². The summed E-state index contributed by atoms with van der Waals surface area (Å²) in [6.07, 6.45) is 4.88.